The van der Waals surface area contributed by atoms with Gasteiger partial charge in [-0.3, -0.25) is 0 Å². The second-order valence-electron chi connectivity index (χ2n) is 4.71. The van der Waals surface area contributed by atoms with Crippen LogP contribution in [0.5, 0.6) is 0 Å². The quantitative estimate of drug-likeness (QED) is 0.278. The first-order chi connectivity index (χ1) is 8.77. The van der Waals surface area contributed by atoms with Crippen molar-refractivity contribution in [1.29, 1.82) is 0 Å². The Hall–Kier alpha value is 0.170. The molecule has 0 rings (SSSR count). The summed E-state index contributed by atoms with van der Waals surface area (Å²) in [7, 11) is 0. The SMILES string of the molecule is CCCCCCCCCC=CCNCCC(=O)[O-].[Na+]. The number of carbonyl (C=O) groups excluding carboxylic acids is 1. The largest absolute Gasteiger partial charge is 1.00 e. The molecule has 0 saturated heterocycles. The molecule has 0 spiro atoms. The van der Waals surface area contributed by atoms with Crippen molar-refractivity contribution in [3.63, 3.8) is 0 Å². The summed E-state index contributed by atoms with van der Waals surface area (Å²) < 4.78 is 0. The number of unbranched alkanes of at least 4 members (excludes halogenated alkanes) is 7. The minimum absolute atomic E-state index is 0. The molecule has 0 aromatic heterocycles. The van der Waals surface area contributed by atoms with Crippen LogP contribution >= 0.6 is 0 Å². The van der Waals surface area contributed by atoms with Gasteiger partial charge in [0.2, 0.25) is 0 Å². The smallest absolute Gasteiger partial charge is 0.550 e. The van der Waals surface area contributed by atoms with E-state index in [0.717, 1.165) is 13.0 Å². The Balaban J connectivity index is 0. The number of nitrogens with one attached hydrogen (secondary N) is 1. The molecule has 19 heavy (non-hydrogen) atoms. The van der Waals surface area contributed by atoms with E-state index in [-0.39, 0.29) is 36.0 Å². The topological polar surface area (TPSA) is 52.2 Å². The number of rotatable bonds is 13. The van der Waals surface area contributed by atoms with Gasteiger partial charge in [0.15, 0.2) is 0 Å². The Morgan fingerprint density at radius 3 is 2.32 bits per heavy atom. The molecular weight excluding hydrogens is 249 g/mol. The monoisotopic (exact) mass is 277 g/mol. The van der Waals surface area contributed by atoms with Gasteiger partial charge in [0.25, 0.3) is 0 Å². The molecule has 0 aromatic rings. The minimum atomic E-state index is -0.991. The molecule has 0 saturated carbocycles. The number of carboxylic acids is 1. The molecule has 4 heteroatoms. The maximum atomic E-state index is 10.1. The van der Waals surface area contributed by atoms with Gasteiger partial charge in [-0.2, -0.15) is 0 Å². The zero-order chi connectivity index (χ0) is 13.5. The van der Waals surface area contributed by atoms with Crippen molar-refractivity contribution >= 4 is 5.97 Å². The second kappa shape index (κ2) is 18.2. The molecule has 0 aromatic carbocycles. The summed E-state index contributed by atoms with van der Waals surface area (Å²) in [4.78, 5) is 10.1. The first kappa shape index (κ1) is 21.5. The van der Waals surface area contributed by atoms with Crippen LogP contribution in [-0.4, -0.2) is 19.1 Å². The standard InChI is InChI=1S/C15H29NO2.Na/c1-2-3-4-5-6-7-8-9-10-11-13-16-14-12-15(17)18;/h10-11,16H,2-9,12-14H2,1H3,(H,17,18);/q;+1/p-1. The van der Waals surface area contributed by atoms with Crippen LogP contribution in [0.1, 0.15) is 64.7 Å². The number of carboxylic acid groups (broad SMARTS) is 1. The molecule has 0 unspecified atom stereocenters. The van der Waals surface area contributed by atoms with Crippen molar-refractivity contribution in [3.05, 3.63) is 12.2 Å². The van der Waals surface area contributed by atoms with Gasteiger partial charge < -0.3 is 15.2 Å². The molecule has 0 radical (unpaired) electrons. The fourth-order valence-corrected chi connectivity index (χ4v) is 1.80. The molecule has 0 fully saturated rings. The minimum Gasteiger partial charge on any atom is -0.550 e. The first-order valence-electron chi connectivity index (χ1n) is 7.33. The Labute approximate surface area is 140 Å². The molecule has 3 nitrogen and oxygen atoms in total. The van der Waals surface area contributed by atoms with Crippen molar-refractivity contribution < 1.29 is 39.5 Å². The molecule has 0 heterocycles. The van der Waals surface area contributed by atoms with Crippen molar-refractivity contribution in [3.8, 4) is 0 Å². The Kier molecular flexibility index (Phi) is 20.5. The van der Waals surface area contributed by atoms with E-state index in [1.54, 1.807) is 0 Å². The van der Waals surface area contributed by atoms with Gasteiger partial charge in [-0.1, -0.05) is 57.6 Å². The molecule has 0 aliphatic carbocycles. The van der Waals surface area contributed by atoms with Gasteiger partial charge in [0.05, 0.1) is 0 Å². The van der Waals surface area contributed by atoms with E-state index in [9.17, 15) is 9.90 Å². The third-order valence-corrected chi connectivity index (χ3v) is 2.91. The maximum Gasteiger partial charge on any atom is 1.00 e. The summed E-state index contributed by atoms with van der Waals surface area (Å²) in [5.74, 6) is -0.991. The van der Waals surface area contributed by atoms with Gasteiger partial charge in [0, 0.05) is 19.1 Å². The normalized spacial score (nSPS) is 10.6. The van der Waals surface area contributed by atoms with Crippen LogP contribution in [0.2, 0.25) is 0 Å². The first-order valence-corrected chi connectivity index (χ1v) is 7.33. The van der Waals surface area contributed by atoms with Crippen molar-refractivity contribution in [2.45, 2.75) is 64.7 Å². The number of hydrogen-bond acceptors (Lipinski definition) is 3. The maximum absolute atomic E-state index is 10.1. The Bertz CT molecular complexity index is 220. The van der Waals surface area contributed by atoms with Crippen molar-refractivity contribution in [2.75, 3.05) is 13.1 Å². The fraction of sp³-hybridized carbons (Fsp3) is 0.800. The van der Waals surface area contributed by atoms with Gasteiger partial charge >= 0.3 is 29.6 Å². The van der Waals surface area contributed by atoms with Gasteiger partial charge in [0.1, 0.15) is 0 Å². The van der Waals surface area contributed by atoms with Crippen LogP contribution in [0.25, 0.3) is 0 Å². The van der Waals surface area contributed by atoms with Crippen LogP contribution in [0.3, 0.4) is 0 Å². The van der Waals surface area contributed by atoms with E-state index in [2.05, 4.69) is 24.4 Å². The summed E-state index contributed by atoms with van der Waals surface area (Å²) in [5.41, 5.74) is 0. The van der Waals surface area contributed by atoms with Gasteiger partial charge in [-0.25, -0.2) is 0 Å². The summed E-state index contributed by atoms with van der Waals surface area (Å²) >= 11 is 0. The predicted molar refractivity (Wildman–Crippen MR) is 74.2 cm³/mol. The average Bonchev–Trinajstić information content (AvgIpc) is 2.34. The zero-order valence-corrected chi connectivity index (χ0v) is 14.7. The van der Waals surface area contributed by atoms with Crippen LogP contribution < -0.4 is 40.0 Å². The number of aliphatic carboxylic acids is 1. The molecule has 0 bridgehead atoms. The fourth-order valence-electron chi connectivity index (χ4n) is 1.80. The van der Waals surface area contributed by atoms with E-state index in [1.807, 2.05) is 0 Å². The molecule has 0 atom stereocenters. The Morgan fingerprint density at radius 2 is 1.68 bits per heavy atom. The third kappa shape index (κ3) is 20.6. The van der Waals surface area contributed by atoms with E-state index in [1.165, 1.54) is 44.9 Å². The molecule has 106 valence electrons. The predicted octanol–water partition coefficient (Wildman–Crippen LogP) is -0.583. The van der Waals surface area contributed by atoms with Crippen LogP contribution in [0, 0.1) is 0 Å². The molecular formula is C15H28NNaO2. The van der Waals surface area contributed by atoms with E-state index < -0.39 is 5.97 Å². The third-order valence-electron chi connectivity index (χ3n) is 2.91. The zero-order valence-electron chi connectivity index (χ0n) is 12.7. The second-order valence-corrected chi connectivity index (χ2v) is 4.71. The summed E-state index contributed by atoms with van der Waals surface area (Å²) in [6.07, 6.45) is 14.9. The van der Waals surface area contributed by atoms with Crippen LogP contribution in [-0.2, 0) is 4.79 Å². The van der Waals surface area contributed by atoms with Crippen LogP contribution in [0.15, 0.2) is 12.2 Å². The number of allylic oxidation sites excluding steroid dienone is 1. The summed E-state index contributed by atoms with van der Waals surface area (Å²) in [5, 5.41) is 13.2. The van der Waals surface area contributed by atoms with Crippen molar-refractivity contribution in [1.82, 2.24) is 5.32 Å². The average molecular weight is 277 g/mol. The summed E-state index contributed by atoms with van der Waals surface area (Å²) in [6, 6.07) is 0. The number of carbonyl (C=O) groups is 1. The molecule has 0 aliphatic heterocycles. The van der Waals surface area contributed by atoms with E-state index >= 15 is 0 Å². The number of hydrogen-bond donors (Lipinski definition) is 1. The van der Waals surface area contributed by atoms with E-state index in [4.69, 9.17) is 0 Å². The Morgan fingerprint density at radius 1 is 1.05 bits per heavy atom. The van der Waals surface area contributed by atoms with Gasteiger partial charge in [-0.15, -0.1) is 0 Å². The van der Waals surface area contributed by atoms with Gasteiger partial charge in [-0.05, 0) is 19.3 Å². The van der Waals surface area contributed by atoms with Crippen LogP contribution in [0.4, 0.5) is 0 Å². The summed E-state index contributed by atoms with van der Waals surface area (Å²) in [6.45, 7) is 3.49. The van der Waals surface area contributed by atoms with E-state index in [0.29, 0.717) is 6.54 Å². The van der Waals surface area contributed by atoms with Crippen molar-refractivity contribution in [2.24, 2.45) is 0 Å². The molecule has 0 aliphatic rings. The molecule has 0 amide bonds. The molecule has 1 N–H and O–H groups in total.